The average molecular weight is 353 g/mol. The zero-order chi connectivity index (χ0) is 14.7. The average Bonchev–Trinajstić information content (AvgIpc) is 2.82. The fourth-order valence-corrected chi connectivity index (χ4v) is 3.97. The first kappa shape index (κ1) is 15.5. The Balaban J connectivity index is 1.58. The second-order valence-electron chi connectivity index (χ2n) is 6.17. The summed E-state index contributed by atoms with van der Waals surface area (Å²) in [4.78, 5) is 2.59. The van der Waals surface area contributed by atoms with Crippen LogP contribution in [0.3, 0.4) is 0 Å². The third-order valence-electron chi connectivity index (χ3n) is 4.55. The lowest BCUT2D eigenvalue weighted by Gasteiger charge is -2.33. The van der Waals surface area contributed by atoms with Crippen LogP contribution < -0.4 is 5.32 Å². The van der Waals surface area contributed by atoms with Gasteiger partial charge in [-0.1, -0.05) is 35.0 Å². The lowest BCUT2D eigenvalue weighted by Crippen LogP contribution is -2.43. The highest BCUT2D eigenvalue weighted by Crippen LogP contribution is 2.27. The Morgan fingerprint density at radius 1 is 1.33 bits per heavy atom. The zero-order valence-electron chi connectivity index (χ0n) is 12.7. The van der Waals surface area contributed by atoms with Gasteiger partial charge in [0.15, 0.2) is 0 Å². The number of rotatable bonds is 6. The minimum absolute atomic E-state index is 0.438. The molecule has 21 heavy (non-hydrogen) atoms. The van der Waals surface area contributed by atoms with Crippen LogP contribution in [0.5, 0.6) is 0 Å². The number of nitrogens with one attached hydrogen (secondary N) is 1. The smallest absolute Gasteiger partial charge is 0.0707 e. The second-order valence-corrected chi connectivity index (χ2v) is 7.09. The van der Waals surface area contributed by atoms with Crippen molar-refractivity contribution in [1.82, 2.24) is 10.2 Å². The molecule has 3 nitrogen and oxygen atoms in total. The molecule has 116 valence electrons. The number of ether oxygens (including phenoxy) is 1. The quantitative estimate of drug-likeness (QED) is 0.849. The predicted molar refractivity (Wildman–Crippen MR) is 89.5 cm³/mol. The normalized spacial score (nSPS) is 27.0. The number of benzene rings is 1. The molecule has 0 radical (unpaired) electrons. The first-order chi connectivity index (χ1) is 10.2. The lowest BCUT2D eigenvalue weighted by atomic mass is 10.0. The van der Waals surface area contributed by atoms with Gasteiger partial charge in [-0.25, -0.2) is 0 Å². The summed E-state index contributed by atoms with van der Waals surface area (Å²) < 4.78 is 7.08. The molecule has 2 fully saturated rings. The van der Waals surface area contributed by atoms with E-state index in [0.717, 1.165) is 37.1 Å². The molecule has 2 aliphatic rings. The number of nitrogens with zero attached hydrogens (tertiary/aromatic N) is 1. The molecule has 0 aliphatic carbocycles. The Bertz CT molecular complexity index is 456. The van der Waals surface area contributed by atoms with Crippen LogP contribution in [0.1, 0.15) is 37.8 Å². The van der Waals surface area contributed by atoms with Crippen LogP contribution >= 0.6 is 15.9 Å². The van der Waals surface area contributed by atoms with Crippen LogP contribution in [0.25, 0.3) is 0 Å². The number of halogens is 1. The first-order valence-corrected chi connectivity index (χ1v) is 8.90. The molecule has 0 saturated carbocycles. The van der Waals surface area contributed by atoms with E-state index in [-0.39, 0.29) is 0 Å². The maximum atomic E-state index is 5.92. The molecular weight excluding hydrogens is 328 g/mol. The molecule has 2 bridgehead atoms. The highest BCUT2D eigenvalue weighted by molar-refractivity contribution is 9.10. The van der Waals surface area contributed by atoms with Crippen molar-refractivity contribution in [2.24, 2.45) is 0 Å². The minimum atomic E-state index is 0.438. The second kappa shape index (κ2) is 7.23. The Kier molecular flexibility index (Phi) is 5.33. The number of morpholine rings is 1. The van der Waals surface area contributed by atoms with Crippen molar-refractivity contribution in [1.29, 1.82) is 0 Å². The first-order valence-electron chi connectivity index (χ1n) is 8.11. The Morgan fingerprint density at radius 2 is 2.10 bits per heavy atom. The van der Waals surface area contributed by atoms with E-state index in [2.05, 4.69) is 57.3 Å². The van der Waals surface area contributed by atoms with Gasteiger partial charge in [0.2, 0.25) is 0 Å². The van der Waals surface area contributed by atoms with E-state index in [1.807, 2.05) is 0 Å². The van der Waals surface area contributed by atoms with Gasteiger partial charge in [0.1, 0.15) is 0 Å². The van der Waals surface area contributed by atoms with Crippen molar-refractivity contribution >= 4 is 15.9 Å². The largest absolute Gasteiger partial charge is 0.372 e. The summed E-state index contributed by atoms with van der Waals surface area (Å²) in [6, 6.07) is 9.11. The fourth-order valence-electron chi connectivity index (χ4n) is 3.55. The van der Waals surface area contributed by atoms with E-state index < -0.39 is 0 Å². The van der Waals surface area contributed by atoms with Gasteiger partial charge in [0, 0.05) is 30.1 Å². The van der Waals surface area contributed by atoms with Gasteiger partial charge >= 0.3 is 0 Å². The standard InChI is InChI=1S/C17H25BrN2O/c1-2-19-17(13-4-3-5-14(18)10-13)8-9-20-11-15-6-7-16(12-20)21-15/h3-5,10,15-17,19H,2,6-9,11-12H2,1H3. The Hall–Kier alpha value is -0.420. The summed E-state index contributed by atoms with van der Waals surface area (Å²) in [7, 11) is 0. The van der Waals surface area contributed by atoms with E-state index in [1.165, 1.54) is 18.4 Å². The molecule has 0 amide bonds. The molecule has 2 aliphatic heterocycles. The fraction of sp³-hybridized carbons (Fsp3) is 0.647. The van der Waals surface area contributed by atoms with Crippen LogP contribution in [0.2, 0.25) is 0 Å². The maximum absolute atomic E-state index is 5.92. The maximum Gasteiger partial charge on any atom is 0.0707 e. The number of likely N-dealkylation sites (tertiary alicyclic amines) is 1. The van der Waals surface area contributed by atoms with Crippen molar-refractivity contribution in [3.63, 3.8) is 0 Å². The Morgan fingerprint density at radius 3 is 2.76 bits per heavy atom. The molecule has 0 aromatic heterocycles. The van der Waals surface area contributed by atoms with Crippen LogP contribution in [0, 0.1) is 0 Å². The van der Waals surface area contributed by atoms with Gasteiger partial charge in [-0.05, 0) is 43.5 Å². The van der Waals surface area contributed by atoms with Crippen molar-refractivity contribution < 1.29 is 4.74 Å². The summed E-state index contributed by atoms with van der Waals surface area (Å²) in [5.41, 5.74) is 1.38. The predicted octanol–water partition coefficient (Wildman–Crippen LogP) is 3.35. The molecule has 3 rings (SSSR count). The minimum Gasteiger partial charge on any atom is -0.372 e. The SMILES string of the molecule is CCNC(CCN1CC2CCC(C1)O2)c1cccc(Br)c1. The summed E-state index contributed by atoms with van der Waals surface area (Å²) in [5.74, 6) is 0. The van der Waals surface area contributed by atoms with E-state index in [4.69, 9.17) is 4.74 Å². The highest BCUT2D eigenvalue weighted by atomic mass is 79.9. The molecule has 1 aromatic carbocycles. The van der Waals surface area contributed by atoms with Crippen molar-refractivity contribution in [2.75, 3.05) is 26.2 Å². The molecule has 4 heteroatoms. The number of fused-ring (bicyclic) bond motifs is 2. The zero-order valence-corrected chi connectivity index (χ0v) is 14.3. The molecule has 0 spiro atoms. The number of hydrogen-bond acceptors (Lipinski definition) is 3. The molecule has 1 N–H and O–H groups in total. The van der Waals surface area contributed by atoms with E-state index >= 15 is 0 Å². The van der Waals surface area contributed by atoms with Gasteiger partial charge in [0.25, 0.3) is 0 Å². The molecule has 2 saturated heterocycles. The summed E-state index contributed by atoms with van der Waals surface area (Å²) in [6.07, 6.45) is 4.65. The van der Waals surface area contributed by atoms with Gasteiger partial charge in [-0.2, -0.15) is 0 Å². The van der Waals surface area contributed by atoms with Crippen molar-refractivity contribution in [3.8, 4) is 0 Å². The third-order valence-corrected chi connectivity index (χ3v) is 5.05. The molecule has 1 aromatic rings. The van der Waals surface area contributed by atoms with E-state index in [9.17, 15) is 0 Å². The summed E-state index contributed by atoms with van der Waals surface area (Å²) in [6.45, 7) is 6.58. The van der Waals surface area contributed by atoms with Crippen LogP contribution in [-0.4, -0.2) is 43.3 Å². The third kappa shape index (κ3) is 4.07. The van der Waals surface area contributed by atoms with E-state index in [0.29, 0.717) is 18.2 Å². The van der Waals surface area contributed by atoms with Crippen LogP contribution in [0.4, 0.5) is 0 Å². The molecule has 3 unspecified atom stereocenters. The van der Waals surface area contributed by atoms with E-state index in [1.54, 1.807) is 0 Å². The van der Waals surface area contributed by atoms with Gasteiger partial charge in [0.05, 0.1) is 12.2 Å². The van der Waals surface area contributed by atoms with Crippen molar-refractivity contribution in [2.45, 2.75) is 44.4 Å². The lowest BCUT2D eigenvalue weighted by molar-refractivity contribution is -0.0390. The topological polar surface area (TPSA) is 24.5 Å². The van der Waals surface area contributed by atoms with Crippen LogP contribution in [0.15, 0.2) is 28.7 Å². The molecular formula is C17H25BrN2O. The number of hydrogen-bond donors (Lipinski definition) is 1. The van der Waals surface area contributed by atoms with Gasteiger partial charge < -0.3 is 10.1 Å². The summed E-state index contributed by atoms with van der Waals surface area (Å²) >= 11 is 3.58. The Labute approximate surface area is 136 Å². The highest BCUT2D eigenvalue weighted by Gasteiger charge is 2.33. The van der Waals surface area contributed by atoms with Crippen LogP contribution in [-0.2, 0) is 4.74 Å². The summed E-state index contributed by atoms with van der Waals surface area (Å²) in [5, 5.41) is 3.63. The molecule has 2 heterocycles. The van der Waals surface area contributed by atoms with Gasteiger partial charge in [-0.15, -0.1) is 0 Å². The molecule has 3 atom stereocenters. The van der Waals surface area contributed by atoms with Gasteiger partial charge in [-0.3, -0.25) is 4.90 Å². The monoisotopic (exact) mass is 352 g/mol. The van der Waals surface area contributed by atoms with Crippen molar-refractivity contribution in [3.05, 3.63) is 34.3 Å².